The molecule has 0 N–H and O–H groups in total. The van der Waals surface area contributed by atoms with Gasteiger partial charge in [-0.15, -0.1) is 11.8 Å². The van der Waals surface area contributed by atoms with Gasteiger partial charge in [0.1, 0.15) is 11.3 Å². The van der Waals surface area contributed by atoms with Crippen LogP contribution in [0, 0.1) is 5.92 Å². The van der Waals surface area contributed by atoms with Crippen LogP contribution in [0.5, 0.6) is 5.75 Å². The highest BCUT2D eigenvalue weighted by molar-refractivity contribution is 9.11. The summed E-state index contributed by atoms with van der Waals surface area (Å²) < 4.78 is 8.11. The van der Waals surface area contributed by atoms with E-state index in [-0.39, 0.29) is 23.7 Å². The predicted molar refractivity (Wildman–Crippen MR) is 192 cm³/mol. The van der Waals surface area contributed by atoms with Crippen LogP contribution < -0.4 is 9.64 Å². The van der Waals surface area contributed by atoms with Crippen LogP contribution in [0.3, 0.4) is 0 Å². The highest BCUT2D eigenvalue weighted by Crippen LogP contribution is 2.63. The summed E-state index contributed by atoms with van der Waals surface area (Å²) in [7, 11) is 1.64. The van der Waals surface area contributed by atoms with Gasteiger partial charge in [0.25, 0.3) is 5.91 Å². The van der Waals surface area contributed by atoms with E-state index in [1.165, 1.54) is 0 Å². The number of ether oxygens (including phenoxy) is 1. The summed E-state index contributed by atoms with van der Waals surface area (Å²) in [6.07, 6.45) is 3.55. The summed E-state index contributed by atoms with van der Waals surface area (Å²) in [5, 5.41) is 0. The average molecular weight is 809 g/mol. The Morgan fingerprint density at radius 1 is 0.978 bits per heavy atom. The second kappa shape index (κ2) is 12.5. The Kier molecular flexibility index (Phi) is 8.59. The lowest BCUT2D eigenvalue weighted by molar-refractivity contribution is -0.136. The number of benzene rings is 4. The molecule has 0 aromatic heterocycles. The quantitative estimate of drug-likeness (QED) is 0.175. The molecule has 4 aromatic rings. The molecule has 228 valence electrons. The number of anilines is 1. The summed E-state index contributed by atoms with van der Waals surface area (Å²) in [6, 6.07) is 29.8. The number of allylic oxidation sites excluding steroid dienone is 1. The average Bonchev–Trinajstić information content (AvgIpc) is 3.70. The van der Waals surface area contributed by atoms with Crippen LogP contribution in [0.4, 0.5) is 5.69 Å². The Hall–Kier alpha value is -2.69. The zero-order valence-corrected chi connectivity index (χ0v) is 29.9. The molecule has 1 amide bonds. The normalized spacial score (nSPS) is 24.0. The van der Waals surface area contributed by atoms with Crippen molar-refractivity contribution in [3.63, 3.8) is 0 Å². The molecule has 1 spiro atoms. The van der Waals surface area contributed by atoms with Crippen molar-refractivity contribution in [2.45, 2.75) is 24.0 Å². The summed E-state index contributed by atoms with van der Waals surface area (Å²) in [6.45, 7) is 0.387. The summed E-state index contributed by atoms with van der Waals surface area (Å²) in [5.41, 5.74) is 3.50. The number of carbonyl (C=O) groups is 2. The number of amides is 1. The van der Waals surface area contributed by atoms with Gasteiger partial charge in [-0.25, -0.2) is 0 Å². The number of methoxy groups -OCH3 is 1. The maximum absolute atomic E-state index is 15.3. The lowest BCUT2D eigenvalue weighted by atomic mass is 9.70. The first kappa shape index (κ1) is 30.9. The van der Waals surface area contributed by atoms with E-state index in [1.807, 2.05) is 102 Å². The van der Waals surface area contributed by atoms with E-state index in [1.54, 1.807) is 13.2 Å². The number of hydrogen-bond acceptors (Lipinski definition) is 5. The molecule has 7 rings (SSSR count). The molecule has 3 aliphatic rings. The minimum atomic E-state index is -1.17. The van der Waals surface area contributed by atoms with Gasteiger partial charge in [0.2, 0.25) is 0 Å². The van der Waals surface area contributed by atoms with Gasteiger partial charge >= 0.3 is 0 Å². The van der Waals surface area contributed by atoms with Gasteiger partial charge in [-0.05, 0) is 65.2 Å². The molecule has 0 radical (unpaired) electrons. The molecule has 2 saturated heterocycles. The molecule has 3 aliphatic heterocycles. The van der Waals surface area contributed by atoms with Gasteiger partial charge in [0.15, 0.2) is 5.78 Å². The standard InChI is InChI=1S/C36H29Br3N2O3S/c1-44-25-14-10-22(11-15-25)19-40-30-16-13-24(37)18-27(30)36(35(40)43)34(32(42)17-12-23-6-2-4-8-28(23)38)33(31-20-45-21-41(31)36)26-7-3-5-9-29(26)39/h2-18,31,33-34H,19-21H2,1H3/b17-12+/t31-,33-,34+,36?/m0/s1. The van der Waals surface area contributed by atoms with Crippen LogP contribution in [0.2, 0.25) is 0 Å². The van der Waals surface area contributed by atoms with E-state index in [2.05, 4.69) is 64.8 Å². The number of rotatable bonds is 7. The number of carbonyl (C=O) groups excluding carboxylic acids is 2. The summed E-state index contributed by atoms with van der Waals surface area (Å²) in [4.78, 5) is 34.4. The molecule has 5 nitrogen and oxygen atoms in total. The maximum Gasteiger partial charge on any atom is 0.253 e. The number of fused-ring (bicyclic) bond motifs is 4. The van der Waals surface area contributed by atoms with Crippen molar-refractivity contribution < 1.29 is 14.3 Å². The fraction of sp³-hybridized carbons (Fsp3) is 0.222. The summed E-state index contributed by atoms with van der Waals surface area (Å²) >= 11 is 13.0. The van der Waals surface area contributed by atoms with E-state index in [0.717, 1.165) is 52.9 Å². The van der Waals surface area contributed by atoms with Crippen molar-refractivity contribution in [3.8, 4) is 5.75 Å². The fourth-order valence-electron chi connectivity index (χ4n) is 7.31. The highest BCUT2D eigenvalue weighted by atomic mass is 79.9. The molecule has 4 atom stereocenters. The van der Waals surface area contributed by atoms with E-state index >= 15 is 4.79 Å². The molecule has 0 bridgehead atoms. The molecule has 4 aromatic carbocycles. The van der Waals surface area contributed by atoms with E-state index in [0.29, 0.717) is 12.4 Å². The van der Waals surface area contributed by atoms with Crippen LogP contribution in [-0.2, 0) is 21.7 Å². The summed E-state index contributed by atoms with van der Waals surface area (Å²) in [5.74, 6) is 1.29. The smallest absolute Gasteiger partial charge is 0.253 e. The monoisotopic (exact) mass is 806 g/mol. The molecular formula is C36H29Br3N2O3S. The Balaban J connectivity index is 1.42. The predicted octanol–water partition coefficient (Wildman–Crippen LogP) is 8.80. The van der Waals surface area contributed by atoms with Crippen molar-refractivity contribution >= 4 is 83.0 Å². The number of halogens is 3. The van der Waals surface area contributed by atoms with Crippen LogP contribution in [0.15, 0.2) is 110 Å². The Labute approximate surface area is 292 Å². The van der Waals surface area contributed by atoms with Gasteiger partial charge in [-0.1, -0.05) is 102 Å². The van der Waals surface area contributed by atoms with Gasteiger partial charge in [0.05, 0.1) is 19.6 Å². The van der Waals surface area contributed by atoms with Crippen molar-refractivity contribution in [1.82, 2.24) is 4.90 Å². The molecule has 3 heterocycles. The maximum atomic E-state index is 15.3. The first-order valence-corrected chi connectivity index (χ1v) is 18.2. The second-order valence-electron chi connectivity index (χ2n) is 11.5. The van der Waals surface area contributed by atoms with Gasteiger partial charge in [0, 0.05) is 48.3 Å². The van der Waals surface area contributed by atoms with E-state index in [9.17, 15) is 4.79 Å². The Morgan fingerprint density at radius 3 is 2.44 bits per heavy atom. The largest absolute Gasteiger partial charge is 0.497 e. The Morgan fingerprint density at radius 2 is 1.71 bits per heavy atom. The first-order valence-electron chi connectivity index (χ1n) is 14.6. The molecule has 9 heteroatoms. The molecule has 45 heavy (non-hydrogen) atoms. The van der Waals surface area contributed by atoms with Crippen LogP contribution in [0.1, 0.15) is 28.2 Å². The van der Waals surface area contributed by atoms with Crippen molar-refractivity contribution in [2.75, 3.05) is 23.6 Å². The molecular weight excluding hydrogens is 780 g/mol. The topological polar surface area (TPSA) is 49.9 Å². The van der Waals surface area contributed by atoms with Crippen molar-refractivity contribution in [2.24, 2.45) is 5.92 Å². The van der Waals surface area contributed by atoms with Crippen molar-refractivity contribution in [3.05, 3.63) is 133 Å². The van der Waals surface area contributed by atoms with Gasteiger partial charge in [-0.2, -0.15) is 0 Å². The molecule has 1 unspecified atom stereocenters. The second-order valence-corrected chi connectivity index (χ2v) is 15.1. The van der Waals surface area contributed by atoms with Crippen LogP contribution >= 0.6 is 59.6 Å². The van der Waals surface area contributed by atoms with Crippen LogP contribution in [-0.4, -0.2) is 41.4 Å². The minimum Gasteiger partial charge on any atom is -0.497 e. The lowest BCUT2D eigenvalue weighted by Gasteiger charge is -2.37. The SMILES string of the molecule is COc1ccc(CN2C(=O)C3(c4cc(Br)ccc42)[C@H](C(=O)/C=C/c2ccccc2Br)[C@@H](c2ccccc2Br)[C@@H]2CSCN23)cc1. The third-order valence-electron chi connectivity index (χ3n) is 9.23. The highest BCUT2D eigenvalue weighted by Gasteiger charge is 2.70. The zero-order chi connectivity index (χ0) is 31.3. The zero-order valence-electron chi connectivity index (χ0n) is 24.3. The minimum absolute atomic E-state index is 0.00349. The third kappa shape index (κ3) is 5.15. The fourth-order valence-corrected chi connectivity index (χ4v) is 9.96. The van der Waals surface area contributed by atoms with Gasteiger partial charge < -0.3 is 9.64 Å². The molecule has 2 fully saturated rings. The lowest BCUT2D eigenvalue weighted by Crippen LogP contribution is -2.54. The van der Waals surface area contributed by atoms with Crippen LogP contribution in [0.25, 0.3) is 6.08 Å². The number of hydrogen-bond donors (Lipinski definition) is 0. The van der Waals surface area contributed by atoms with Gasteiger partial charge in [-0.3, -0.25) is 14.5 Å². The third-order valence-corrected chi connectivity index (χ3v) is 12.2. The number of nitrogens with zero attached hydrogens (tertiary/aromatic N) is 2. The first-order chi connectivity index (χ1) is 21.8. The Bertz CT molecular complexity index is 1830. The number of ketones is 1. The molecule has 0 saturated carbocycles. The molecule has 0 aliphatic carbocycles. The van der Waals surface area contributed by atoms with E-state index in [4.69, 9.17) is 4.74 Å². The number of thioether (sulfide) groups is 1. The van der Waals surface area contributed by atoms with E-state index < -0.39 is 11.5 Å². The van der Waals surface area contributed by atoms with Crippen molar-refractivity contribution in [1.29, 1.82) is 0 Å².